The Morgan fingerprint density at radius 1 is 1.37 bits per heavy atom. The number of halogens is 1. The first-order valence-electron chi connectivity index (χ1n) is 5.99. The van der Waals surface area contributed by atoms with E-state index in [0.29, 0.717) is 10.7 Å². The number of sulfone groups is 1. The van der Waals surface area contributed by atoms with E-state index in [1.807, 2.05) is 19.9 Å². The number of carbonyl (C=O) groups is 1. The van der Waals surface area contributed by atoms with Gasteiger partial charge in [0.1, 0.15) is 9.84 Å². The zero-order chi connectivity index (χ0) is 14.6. The molecule has 0 aromatic heterocycles. The summed E-state index contributed by atoms with van der Waals surface area (Å²) >= 11 is 5.99. The fraction of sp³-hybridized carbons (Fsp3) is 0.462. The van der Waals surface area contributed by atoms with Gasteiger partial charge in [0.05, 0.1) is 5.75 Å². The van der Waals surface area contributed by atoms with Crippen molar-refractivity contribution in [2.45, 2.75) is 26.7 Å². The van der Waals surface area contributed by atoms with E-state index < -0.39 is 9.84 Å². The normalized spacial score (nSPS) is 11.4. The molecule has 4 nitrogen and oxygen atoms in total. The van der Waals surface area contributed by atoms with Gasteiger partial charge in [-0.15, -0.1) is 0 Å². The molecule has 1 aromatic carbocycles. The third kappa shape index (κ3) is 5.20. The van der Waals surface area contributed by atoms with E-state index in [0.717, 1.165) is 23.8 Å². The van der Waals surface area contributed by atoms with Crippen molar-refractivity contribution in [2.75, 3.05) is 17.3 Å². The number of benzene rings is 1. The van der Waals surface area contributed by atoms with Crippen molar-refractivity contribution in [3.8, 4) is 0 Å². The quantitative estimate of drug-likeness (QED) is 0.909. The summed E-state index contributed by atoms with van der Waals surface area (Å²) in [5, 5.41) is 3.27. The fourth-order valence-electron chi connectivity index (χ4n) is 1.72. The first-order chi connectivity index (χ1) is 8.73. The summed E-state index contributed by atoms with van der Waals surface area (Å²) < 4.78 is 22.0. The Morgan fingerprint density at radius 2 is 2.00 bits per heavy atom. The van der Waals surface area contributed by atoms with Crippen LogP contribution < -0.4 is 5.32 Å². The Balaban J connectivity index is 2.82. The highest BCUT2D eigenvalue weighted by Crippen LogP contribution is 2.25. The molecule has 0 spiro atoms. The van der Waals surface area contributed by atoms with Gasteiger partial charge < -0.3 is 5.32 Å². The topological polar surface area (TPSA) is 63.2 Å². The average Bonchev–Trinajstić information content (AvgIpc) is 2.30. The molecule has 1 rings (SSSR count). The van der Waals surface area contributed by atoms with Gasteiger partial charge in [-0.1, -0.05) is 18.5 Å². The van der Waals surface area contributed by atoms with Crippen LogP contribution in [0, 0.1) is 6.92 Å². The molecule has 0 radical (unpaired) electrons. The minimum absolute atomic E-state index is 0.0494. The molecule has 0 bridgehead atoms. The van der Waals surface area contributed by atoms with Crippen LogP contribution in [0.3, 0.4) is 0 Å². The molecule has 1 amide bonds. The molecule has 6 heteroatoms. The lowest BCUT2D eigenvalue weighted by Gasteiger charge is -2.12. The van der Waals surface area contributed by atoms with Crippen molar-refractivity contribution in [2.24, 2.45) is 0 Å². The number of hydrogen-bond donors (Lipinski definition) is 1. The molecule has 0 aliphatic rings. The van der Waals surface area contributed by atoms with Gasteiger partial charge in [-0.3, -0.25) is 4.79 Å². The Kier molecular flexibility index (Phi) is 5.38. The molecule has 19 heavy (non-hydrogen) atoms. The summed E-state index contributed by atoms with van der Waals surface area (Å²) in [5.74, 6) is -0.475. The lowest BCUT2D eigenvalue weighted by molar-refractivity contribution is -0.115. The van der Waals surface area contributed by atoms with E-state index in [1.54, 1.807) is 6.07 Å². The first kappa shape index (κ1) is 16.0. The van der Waals surface area contributed by atoms with Gasteiger partial charge in [-0.05, 0) is 36.6 Å². The summed E-state index contributed by atoms with van der Waals surface area (Å²) in [7, 11) is -3.13. The van der Waals surface area contributed by atoms with Gasteiger partial charge in [0, 0.05) is 23.4 Å². The lowest BCUT2D eigenvalue weighted by atomic mass is 10.0. The zero-order valence-corrected chi connectivity index (χ0v) is 12.9. The summed E-state index contributed by atoms with van der Waals surface area (Å²) in [6.45, 7) is 3.91. The molecule has 0 unspecified atom stereocenters. The number of carbonyl (C=O) groups excluding carboxylic acids is 1. The van der Waals surface area contributed by atoms with Gasteiger partial charge in [0.15, 0.2) is 0 Å². The van der Waals surface area contributed by atoms with Crippen molar-refractivity contribution in [3.63, 3.8) is 0 Å². The van der Waals surface area contributed by atoms with Gasteiger partial charge in [0.2, 0.25) is 5.91 Å². The Labute approximate surface area is 119 Å². The molecular formula is C13H18ClNO3S. The van der Waals surface area contributed by atoms with Crippen LogP contribution in [0.25, 0.3) is 0 Å². The van der Waals surface area contributed by atoms with Crippen LogP contribution >= 0.6 is 11.6 Å². The Bertz CT molecular complexity index is 582. The van der Waals surface area contributed by atoms with E-state index in [1.165, 1.54) is 0 Å². The monoisotopic (exact) mass is 303 g/mol. The van der Waals surface area contributed by atoms with E-state index >= 15 is 0 Å². The standard InChI is InChI=1S/C13H18ClNO3S/c1-4-10-7-11(14)8-12(9(10)2)15-13(16)5-6-19(3,17)18/h7-8H,4-6H2,1-3H3,(H,15,16). The van der Waals surface area contributed by atoms with Crippen molar-refractivity contribution < 1.29 is 13.2 Å². The molecule has 106 valence electrons. The van der Waals surface area contributed by atoms with Gasteiger partial charge in [-0.2, -0.15) is 0 Å². The second kappa shape index (κ2) is 6.39. The van der Waals surface area contributed by atoms with Crippen molar-refractivity contribution in [1.29, 1.82) is 0 Å². The highest BCUT2D eigenvalue weighted by molar-refractivity contribution is 7.90. The molecule has 0 aliphatic heterocycles. The van der Waals surface area contributed by atoms with Crippen LogP contribution in [0.1, 0.15) is 24.5 Å². The summed E-state index contributed by atoms with van der Waals surface area (Å²) in [6, 6.07) is 3.54. The molecule has 0 saturated heterocycles. The van der Waals surface area contributed by atoms with E-state index in [2.05, 4.69) is 5.32 Å². The third-order valence-corrected chi connectivity index (χ3v) is 4.00. The minimum Gasteiger partial charge on any atom is -0.326 e. The van der Waals surface area contributed by atoms with E-state index in [-0.39, 0.29) is 18.1 Å². The maximum atomic E-state index is 11.7. The average molecular weight is 304 g/mol. The number of amides is 1. The predicted molar refractivity (Wildman–Crippen MR) is 78.5 cm³/mol. The maximum Gasteiger partial charge on any atom is 0.225 e. The first-order valence-corrected chi connectivity index (χ1v) is 8.43. The van der Waals surface area contributed by atoms with Crippen LogP contribution in [0.4, 0.5) is 5.69 Å². The minimum atomic E-state index is -3.13. The van der Waals surface area contributed by atoms with Crippen molar-refractivity contribution >= 4 is 33.0 Å². The van der Waals surface area contributed by atoms with Gasteiger partial charge in [0.25, 0.3) is 0 Å². The van der Waals surface area contributed by atoms with E-state index in [9.17, 15) is 13.2 Å². The van der Waals surface area contributed by atoms with Crippen LogP contribution in [0.2, 0.25) is 5.02 Å². The van der Waals surface area contributed by atoms with Crippen LogP contribution in [-0.2, 0) is 21.1 Å². The Hall–Kier alpha value is -1.07. The van der Waals surface area contributed by atoms with Crippen LogP contribution in [-0.4, -0.2) is 26.3 Å². The van der Waals surface area contributed by atoms with Crippen molar-refractivity contribution in [1.82, 2.24) is 0 Å². The highest BCUT2D eigenvalue weighted by Gasteiger charge is 2.11. The molecule has 1 aromatic rings. The summed E-state index contributed by atoms with van der Waals surface area (Å²) in [6.07, 6.45) is 1.88. The third-order valence-electron chi connectivity index (χ3n) is 2.83. The fourth-order valence-corrected chi connectivity index (χ4v) is 2.52. The number of nitrogens with one attached hydrogen (secondary N) is 1. The number of aryl methyl sites for hydroxylation is 1. The summed E-state index contributed by atoms with van der Waals surface area (Å²) in [5.41, 5.74) is 2.66. The Morgan fingerprint density at radius 3 is 2.53 bits per heavy atom. The smallest absolute Gasteiger partial charge is 0.225 e. The maximum absolute atomic E-state index is 11.7. The van der Waals surface area contributed by atoms with Gasteiger partial charge in [-0.25, -0.2) is 8.42 Å². The van der Waals surface area contributed by atoms with Crippen molar-refractivity contribution in [3.05, 3.63) is 28.3 Å². The zero-order valence-electron chi connectivity index (χ0n) is 11.3. The molecule has 0 saturated carbocycles. The molecule has 0 atom stereocenters. The van der Waals surface area contributed by atoms with Crippen LogP contribution in [0.5, 0.6) is 0 Å². The van der Waals surface area contributed by atoms with Gasteiger partial charge >= 0.3 is 0 Å². The molecule has 0 heterocycles. The summed E-state index contributed by atoms with van der Waals surface area (Å²) in [4.78, 5) is 11.7. The largest absolute Gasteiger partial charge is 0.326 e. The van der Waals surface area contributed by atoms with Crippen LogP contribution in [0.15, 0.2) is 12.1 Å². The SMILES string of the molecule is CCc1cc(Cl)cc(NC(=O)CCS(C)(=O)=O)c1C. The molecule has 0 aliphatic carbocycles. The number of rotatable bonds is 5. The highest BCUT2D eigenvalue weighted by atomic mass is 35.5. The lowest BCUT2D eigenvalue weighted by Crippen LogP contribution is -2.17. The predicted octanol–water partition coefficient (Wildman–Crippen LogP) is 2.58. The second-order valence-electron chi connectivity index (χ2n) is 4.52. The molecule has 1 N–H and O–H groups in total. The molecule has 0 fully saturated rings. The van der Waals surface area contributed by atoms with E-state index in [4.69, 9.17) is 11.6 Å². The number of anilines is 1. The number of hydrogen-bond acceptors (Lipinski definition) is 3. The molecular weight excluding hydrogens is 286 g/mol. The second-order valence-corrected chi connectivity index (χ2v) is 7.22.